The number of amides is 1. The lowest BCUT2D eigenvalue weighted by molar-refractivity contribution is -0.117. The smallest absolute Gasteiger partial charge is 0.221 e. The number of nitrogens with two attached hydrogens (primary N) is 1. The van der Waals surface area contributed by atoms with Gasteiger partial charge in [0.05, 0.1) is 5.52 Å². The number of nitrogens with zero attached hydrogens (tertiary/aromatic N) is 1. The van der Waals surface area contributed by atoms with Crippen molar-refractivity contribution >= 4 is 22.9 Å². The van der Waals surface area contributed by atoms with Gasteiger partial charge < -0.3 is 5.73 Å². The Bertz CT molecular complexity index is 546. The van der Waals surface area contributed by atoms with Crippen molar-refractivity contribution in [3.05, 3.63) is 48.2 Å². The van der Waals surface area contributed by atoms with E-state index in [-0.39, 0.29) is 12.3 Å². The Morgan fingerprint density at radius 2 is 2.25 bits per heavy atom. The summed E-state index contributed by atoms with van der Waals surface area (Å²) in [6.45, 7) is 0. The zero-order valence-electron chi connectivity index (χ0n) is 8.76. The van der Waals surface area contributed by atoms with E-state index in [9.17, 15) is 4.79 Å². The predicted molar refractivity (Wildman–Crippen MR) is 64.6 cm³/mol. The molecule has 0 fully saturated rings. The van der Waals surface area contributed by atoms with E-state index in [0.717, 1.165) is 16.5 Å². The molecule has 2 aromatic rings. The van der Waals surface area contributed by atoms with Gasteiger partial charge in [0.2, 0.25) is 5.91 Å². The first-order valence-electron chi connectivity index (χ1n) is 5.05. The van der Waals surface area contributed by atoms with Gasteiger partial charge in [-0.25, -0.2) is 0 Å². The minimum Gasteiger partial charge on any atom is -0.369 e. The number of primary amides is 1. The molecule has 2 rings (SSSR count). The van der Waals surface area contributed by atoms with Crippen LogP contribution in [0.2, 0.25) is 0 Å². The summed E-state index contributed by atoms with van der Waals surface area (Å²) in [6, 6.07) is 9.89. The molecule has 0 unspecified atom stereocenters. The third-order valence-corrected chi connectivity index (χ3v) is 2.26. The van der Waals surface area contributed by atoms with Gasteiger partial charge in [0.15, 0.2) is 0 Å². The monoisotopic (exact) mass is 212 g/mol. The first-order valence-corrected chi connectivity index (χ1v) is 5.05. The average molecular weight is 212 g/mol. The Balaban J connectivity index is 2.26. The van der Waals surface area contributed by atoms with E-state index in [4.69, 9.17) is 5.73 Å². The number of rotatable bonds is 3. The molecular formula is C13H12N2O. The first kappa shape index (κ1) is 10.4. The van der Waals surface area contributed by atoms with E-state index in [0.29, 0.717) is 0 Å². The van der Waals surface area contributed by atoms with Crippen LogP contribution in [-0.2, 0) is 4.79 Å². The Hall–Kier alpha value is -2.16. The Kier molecular flexibility index (Phi) is 2.96. The SMILES string of the molecule is NC(=O)CC=Cc1ccc2cccnc2c1. The molecule has 1 aromatic carbocycles. The summed E-state index contributed by atoms with van der Waals surface area (Å²) in [5, 5.41) is 1.11. The summed E-state index contributed by atoms with van der Waals surface area (Å²) < 4.78 is 0. The molecule has 1 aromatic heterocycles. The maximum absolute atomic E-state index is 10.6. The maximum atomic E-state index is 10.6. The summed E-state index contributed by atoms with van der Waals surface area (Å²) in [7, 11) is 0. The van der Waals surface area contributed by atoms with E-state index in [1.165, 1.54) is 0 Å². The molecule has 0 saturated carbocycles. The standard InChI is InChI=1S/C13H12N2O/c14-13(16)5-1-3-10-6-7-11-4-2-8-15-12(11)9-10/h1-4,6-9H,5H2,(H2,14,16). The van der Waals surface area contributed by atoms with Crippen molar-refractivity contribution in [2.24, 2.45) is 5.73 Å². The highest BCUT2D eigenvalue weighted by Crippen LogP contribution is 2.14. The van der Waals surface area contributed by atoms with Crippen molar-refractivity contribution in [1.82, 2.24) is 4.98 Å². The lowest BCUT2D eigenvalue weighted by Gasteiger charge is -1.97. The fraction of sp³-hybridized carbons (Fsp3) is 0.0769. The molecular weight excluding hydrogens is 200 g/mol. The largest absolute Gasteiger partial charge is 0.369 e. The van der Waals surface area contributed by atoms with Crippen molar-refractivity contribution in [3.63, 3.8) is 0 Å². The van der Waals surface area contributed by atoms with E-state index in [1.54, 1.807) is 12.3 Å². The molecule has 80 valence electrons. The van der Waals surface area contributed by atoms with Gasteiger partial charge in [-0.3, -0.25) is 9.78 Å². The second-order valence-corrected chi connectivity index (χ2v) is 3.53. The van der Waals surface area contributed by atoms with Crippen molar-refractivity contribution in [2.75, 3.05) is 0 Å². The van der Waals surface area contributed by atoms with Crippen LogP contribution in [0.1, 0.15) is 12.0 Å². The molecule has 16 heavy (non-hydrogen) atoms. The molecule has 0 saturated heterocycles. The minimum absolute atomic E-state index is 0.264. The van der Waals surface area contributed by atoms with Gasteiger partial charge in [0.1, 0.15) is 0 Å². The van der Waals surface area contributed by atoms with Crippen molar-refractivity contribution in [3.8, 4) is 0 Å². The van der Waals surface area contributed by atoms with Gasteiger partial charge in [-0.15, -0.1) is 0 Å². The van der Waals surface area contributed by atoms with Gasteiger partial charge in [0.25, 0.3) is 0 Å². The molecule has 0 atom stereocenters. The molecule has 3 nitrogen and oxygen atoms in total. The molecule has 0 aliphatic carbocycles. The Labute approximate surface area is 93.6 Å². The third-order valence-electron chi connectivity index (χ3n) is 2.26. The molecule has 2 N–H and O–H groups in total. The number of fused-ring (bicyclic) bond motifs is 1. The van der Waals surface area contributed by atoms with Gasteiger partial charge in [0, 0.05) is 18.0 Å². The lowest BCUT2D eigenvalue weighted by atomic mass is 10.1. The highest BCUT2D eigenvalue weighted by atomic mass is 16.1. The molecule has 1 heterocycles. The van der Waals surface area contributed by atoms with Gasteiger partial charge in [-0.05, 0) is 17.7 Å². The minimum atomic E-state index is -0.324. The number of carbonyl (C=O) groups excluding carboxylic acids is 1. The molecule has 0 aliphatic heterocycles. The average Bonchev–Trinajstić information content (AvgIpc) is 2.28. The summed E-state index contributed by atoms with van der Waals surface area (Å²) >= 11 is 0. The highest BCUT2D eigenvalue weighted by Gasteiger charge is 1.94. The Morgan fingerprint density at radius 3 is 3.06 bits per heavy atom. The van der Waals surface area contributed by atoms with Crippen molar-refractivity contribution < 1.29 is 4.79 Å². The number of hydrogen-bond donors (Lipinski definition) is 1. The van der Waals surface area contributed by atoms with Crippen LogP contribution in [0, 0.1) is 0 Å². The number of hydrogen-bond acceptors (Lipinski definition) is 2. The van der Waals surface area contributed by atoms with Crippen LogP contribution < -0.4 is 5.73 Å². The van der Waals surface area contributed by atoms with Crippen LogP contribution in [0.3, 0.4) is 0 Å². The van der Waals surface area contributed by atoms with Crippen molar-refractivity contribution in [1.29, 1.82) is 0 Å². The topological polar surface area (TPSA) is 56.0 Å². The van der Waals surface area contributed by atoms with E-state index >= 15 is 0 Å². The molecule has 0 bridgehead atoms. The molecule has 0 spiro atoms. The van der Waals surface area contributed by atoms with Crippen LogP contribution in [-0.4, -0.2) is 10.9 Å². The molecule has 3 heteroatoms. The number of aromatic nitrogens is 1. The van der Waals surface area contributed by atoms with Crippen LogP contribution in [0.4, 0.5) is 0 Å². The first-order chi connectivity index (χ1) is 7.75. The number of benzene rings is 1. The normalized spacial score (nSPS) is 11.0. The highest BCUT2D eigenvalue weighted by molar-refractivity contribution is 5.81. The van der Waals surface area contributed by atoms with Crippen LogP contribution in [0.25, 0.3) is 17.0 Å². The number of carbonyl (C=O) groups is 1. The molecule has 0 radical (unpaired) electrons. The Morgan fingerprint density at radius 1 is 1.38 bits per heavy atom. The zero-order valence-corrected chi connectivity index (χ0v) is 8.76. The fourth-order valence-electron chi connectivity index (χ4n) is 1.50. The van der Waals surface area contributed by atoms with Gasteiger partial charge >= 0.3 is 0 Å². The summed E-state index contributed by atoms with van der Waals surface area (Å²) in [4.78, 5) is 14.8. The number of pyridine rings is 1. The van der Waals surface area contributed by atoms with E-state index < -0.39 is 0 Å². The zero-order chi connectivity index (χ0) is 11.4. The summed E-state index contributed by atoms with van der Waals surface area (Å²) in [5.41, 5.74) is 7.01. The van der Waals surface area contributed by atoms with Gasteiger partial charge in [-0.2, -0.15) is 0 Å². The summed E-state index contributed by atoms with van der Waals surface area (Å²) in [6.07, 6.45) is 5.66. The van der Waals surface area contributed by atoms with Crippen molar-refractivity contribution in [2.45, 2.75) is 6.42 Å². The summed E-state index contributed by atoms with van der Waals surface area (Å²) in [5.74, 6) is -0.324. The molecule has 1 amide bonds. The molecule has 0 aliphatic rings. The van der Waals surface area contributed by atoms with E-state index in [2.05, 4.69) is 4.98 Å². The second-order valence-electron chi connectivity index (χ2n) is 3.53. The lowest BCUT2D eigenvalue weighted by Crippen LogP contribution is -2.07. The van der Waals surface area contributed by atoms with E-state index in [1.807, 2.05) is 36.4 Å². The maximum Gasteiger partial charge on any atom is 0.221 e. The quantitative estimate of drug-likeness (QED) is 0.847. The van der Waals surface area contributed by atoms with Gasteiger partial charge in [-0.1, -0.05) is 30.4 Å². The van der Waals surface area contributed by atoms with Crippen LogP contribution in [0.15, 0.2) is 42.6 Å². The predicted octanol–water partition coefficient (Wildman–Crippen LogP) is 2.12. The third kappa shape index (κ3) is 2.45. The van der Waals surface area contributed by atoms with Crippen LogP contribution in [0.5, 0.6) is 0 Å². The second kappa shape index (κ2) is 4.57. The van der Waals surface area contributed by atoms with Crippen LogP contribution >= 0.6 is 0 Å². The fourth-order valence-corrected chi connectivity index (χ4v) is 1.50.